The van der Waals surface area contributed by atoms with E-state index in [-0.39, 0.29) is 28.2 Å². The molecule has 2 heterocycles. The van der Waals surface area contributed by atoms with Gasteiger partial charge in [-0.2, -0.15) is 5.26 Å². The van der Waals surface area contributed by atoms with E-state index in [0.29, 0.717) is 22.0 Å². The van der Waals surface area contributed by atoms with Gasteiger partial charge in [0.05, 0.1) is 10.5 Å². The third-order valence-electron chi connectivity index (χ3n) is 4.31. The van der Waals surface area contributed by atoms with Gasteiger partial charge in [0, 0.05) is 23.6 Å². The minimum absolute atomic E-state index is 0.00210. The monoisotopic (exact) mass is 502 g/mol. The van der Waals surface area contributed by atoms with Gasteiger partial charge in [-0.15, -0.1) is 22.0 Å². The van der Waals surface area contributed by atoms with Crippen LogP contribution in [0.25, 0.3) is 0 Å². The standard InChI is InChI=1S/C21H19ClN6O3S2/c1-13-11-14(2)24-21(17(13)12-23)32-10-9-20(29)25-15-3-5-16(6-4-15)33(30,31)28-19-8-7-18(22)26-27-19/h3-8,11H,9-10H2,1-2H3,(H,25,29)(H,27,28). The number of nitrogens with one attached hydrogen (secondary N) is 2. The summed E-state index contributed by atoms with van der Waals surface area (Å²) in [6.45, 7) is 3.71. The molecule has 0 unspecified atom stereocenters. The van der Waals surface area contributed by atoms with Crippen molar-refractivity contribution in [1.82, 2.24) is 15.2 Å². The molecule has 9 nitrogen and oxygen atoms in total. The number of carbonyl (C=O) groups excluding carboxylic acids is 1. The second-order valence-corrected chi connectivity index (χ2v) is 10.0. The third kappa shape index (κ3) is 6.64. The Morgan fingerprint density at radius 2 is 1.88 bits per heavy atom. The number of sulfonamides is 1. The maximum Gasteiger partial charge on any atom is 0.263 e. The highest BCUT2D eigenvalue weighted by atomic mass is 35.5. The van der Waals surface area contributed by atoms with E-state index in [4.69, 9.17) is 11.6 Å². The molecule has 2 N–H and O–H groups in total. The van der Waals surface area contributed by atoms with Gasteiger partial charge in [0.1, 0.15) is 11.1 Å². The van der Waals surface area contributed by atoms with Crippen LogP contribution in [0.3, 0.4) is 0 Å². The van der Waals surface area contributed by atoms with Gasteiger partial charge in [-0.05, 0) is 61.9 Å². The van der Waals surface area contributed by atoms with Crippen molar-refractivity contribution in [2.24, 2.45) is 0 Å². The maximum atomic E-state index is 12.5. The maximum absolute atomic E-state index is 12.5. The number of aryl methyl sites for hydroxylation is 2. The molecule has 0 aliphatic carbocycles. The van der Waals surface area contributed by atoms with Gasteiger partial charge in [0.25, 0.3) is 10.0 Å². The fraction of sp³-hybridized carbons (Fsp3) is 0.190. The number of hydrogen-bond acceptors (Lipinski definition) is 8. The van der Waals surface area contributed by atoms with Crippen molar-refractivity contribution in [1.29, 1.82) is 5.26 Å². The lowest BCUT2D eigenvalue weighted by molar-refractivity contribution is -0.115. The summed E-state index contributed by atoms with van der Waals surface area (Å²) in [6.07, 6.45) is 0.195. The third-order valence-corrected chi connectivity index (χ3v) is 6.86. The first-order valence-electron chi connectivity index (χ1n) is 9.61. The predicted molar refractivity (Wildman–Crippen MR) is 127 cm³/mol. The Morgan fingerprint density at radius 1 is 1.15 bits per heavy atom. The van der Waals surface area contributed by atoms with Gasteiger partial charge >= 0.3 is 0 Å². The molecule has 0 fully saturated rings. The number of nitrogens with zero attached hydrogens (tertiary/aromatic N) is 4. The molecule has 3 rings (SSSR count). The van der Waals surface area contributed by atoms with Crippen LogP contribution in [-0.2, 0) is 14.8 Å². The van der Waals surface area contributed by atoms with E-state index in [1.165, 1.54) is 48.2 Å². The van der Waals surface area contributed by atoms with E-state index in [1.807, 2.05) is 19.9 Å². The molecule has 0 saturated carbocycles. The van der Waals surface area contributed by atoms with Crippen molar-refractivity contribution in [2.45, 2.75) is 30.2 Å². The largest absolute Gasteiger partial charge is 0.326 e. The molecular formula is C21H19ClN6O3S2. The second-order valence-electron chi connectivity index (χ2n) is 6.89. The first-order chi connectivity index (χ1) is 15.7. The average Bonchev–Trinajstić information content (AvgIpc) is 2.75. The van der Waals surface area contributed by atoms with Gasteiger partial charge in [-0.3, -0.25) is 9.52 Å². The van der Waals surface area contributed by atoms with Gasteiger partial charge in [0.2, 0.25) is 5.91 Å². The molecule has 170 valence electrons. The quantitative estimate of drug-likeness (QED) is 0.442. The van der Waals surface area contributed by atoms with Crippen LogP contribution < -0.4 is 10.0 Å². The van der Waals surface area contributed by atoms with E-state index in [2.05, 4.69) is 31.3 Å². The summed E-state index contributed by atoms with van der Waals surface area (Å²) in [7, 11) is -3.87. The topological polar surface area (TPSA) is 138 Å². The van der Waals surface area contributed by atoms with Crippen molar-refractivity contribution < 1.29 is 13.2 Å². The highest BCUT2D eigenvalue weighted by Gasteiger charge is 2.16. The van der Waals surface area contributed by atoms with Gasteiger partial charge in [-0.1, -0.05) is 11.6 Å². The Hall–Kier alpha value is -3.20. The first-order valence-corrected chi connectivity index (χ1v) is 12.5. The highest BCUT2D eigenvalue weighted by Crippen LogP contribution is 2.24. The van der Waals surface area contributed by atoms with Gasteiger partial charge in [-0.25, -0.2) is 13.4 Å². The lowest BCUT2D eigenvalue weighted by Crippen LogP contribution is -2.15. The molecule has 0 radical (unpaired) electrons. The zero-order valence-electron chi connectivity index (χ0n) is 17.7. The van der Waals surface area contributed by atoms with Crippen molar-refractivity contribution in [2.75, 3.05) is 15.8 Å². The van der Waals surface area contributed by atoms with Crippen LogP contribution in [0.15, 0.2) is 52.4 Å². The lowest BCUT2D eigenvalue weighted by atomic mass is 10.1. The number of aromatic nitrogens is 3. The smallest absolute Gasteiger partial charge is 0.263 e. The Balaban J connectivity index is 1.56. The number of nitriles is 1. The fourth-order valence-electron chi connectivity index (χ4n) is 2.79. The summed E-state index contributed by atoms with van der Waals surface area (Å²) in [4.78, 5) is 16.7. The van der Waals surface area contributed by atoms with E-state index >= 15 is 0 Å². The number of rotatable bonds is 8. The number of anilines is 2. The predicted octanol–water partition coefficient (Wildman–Crippen LogP) is 3.94. The van der Waals surface area contributed by atoms with Crippen LogP contribution >= 0.6 is 23.4 Å². The molecule has 0 bridgehead atoms. The number of amides is 1. The summed E-state index contributed by atoms with van der Waals surface area (Å²) < 4.78 is 27.2. The molecular weight excluding hydrogens is 484 g/mol. The summed E-state index contributed by atoms with van der Waals surface area (Å²) in [6, 6.07) is 12.5. The van der Waals surface area contributed by atoms with Crippen LogP contribution in [-0.4, -0.2) is 35.3 Å². The van der Waals surface area contributed by atoms with Crippen molar-refractivity contribution >= 4 is 50.8 Å². The molecule has 3 aromatic rings. The summed E-state index contributed by atoms with van der Waals surface area (Å²) >= 11 is 6.99. The van der Waals surface area contributed by atoms with Crippen LogP contribution in [0, 0.1) is 25.2 Å². The minimum atomic E-state index is -3.87. The molecule has 0 aliphatic rings. The molecule has 33 heavy (non-hydrogen) atoms. The molecule has 1 amide bonds. The number of halogens is 1. The summed E-state index contributed by atoms with van der Waals surface area (Å²) in [5, 5.41) is 20.0. The first kappa shape index (κ1) is 24.4. The van der Waals surface area contributed by atoms with Crippen LogP contribution in [0.5, 0.6) is 0 Å². The minimum Gasteiger partial charge on any atom is -0.326 e. The molecule has 0 aliphatic heterocycles. The van der Waals surface area contributed by atoms with Crippen molar-refractivity contribution in [3.05, 3.63) is 64.4 Å². The zero-order valence-corrected chi connectivity index (χ0v) is 20.1. The number of benzene rings is 1. The SMILES string of the molecule is Cc1cc(C)c(C#N)c(SCCC(=O)Nc2ccc(S(=O)(=O)Nc3ccc(Cl)nn3)cc2)n1. The molecule has 2 aromatic heterocycles. The second kappa shape index (κ2) is 10.6. The number of pyridine rings is 1. The van der Waals surface area contributed by atoms with E-state index in [1.54, 1.807) is 0 Å². The number of thioether (sulfide) groups is 1. The Kier molecular flexibility index (Phi) is 7.86. The van der Waals surface area contributed by atoms with Crippen molar-refractivity contribution in [3.63, 3.8) is 0 Å². The fourth-order valence-corrected chi connectivity index (χ4v) is 4.93. The molecule has 0 saturated heterocycles. The Labute approximate surface area is 200 Å². The van der Waals surface area contributed by atoms with Crippen LogP contribution in [0.2, 0.25) is 5.15 Å². The van der Waals surface area contributed by atoms with Crippen LogP contribution in [0.1, 0.15) is 23.2 Å². The summed E-state index contributed by atoms with van der Waals surface area (Å²) in [5.41, 5.74) is 2.63. The van der Waals surface area contributed by atoms with Gasteiger partial charge < -0.3 is 5.32 Å². The Bertz CT molecular complexity index is 1310. The normalized spacial score (nSPS) is 11.0. The molecule has 1 aromatic carbocycles. The lowest BCUT2D eigenvalue weighted by Gasteiger charge is -2.09. The molecule has 0 atom stereocenters. The van der Waals surface area contributed by atoms with E-state index < -0.39 is 10.0 Å². The number of hydrogen-bond donors (Lipinski definition) is 2. The average molecular weight is 503 g/mol. The molecule has 12 heteroatoms. The number of carbonyl (C=O) groups is 1. The van der Waals surface area contributed by atoms with Gasteiger partial charge in [0.15, 0.2) is 11.0 Å². The zero-order chi connectivity index (χ0) is 24.0. The van der Waals surface area contributed by atoms with Crippen molar-refractivity contribution in [3.8, 4) is 6.07 Å². The highest BCUT2D eigenvalue weighted by molar-refractivity contribution is 7.99. The Morgan fingerprint density at radius 3 is 2.52 bits per heavy atom. The van der Waals surface area contributed by atoms with E-state index in [0.717, 1.165) is 11.3 Å². The molecule has 0 spiro atoms. The summed E-state index contributed by atoms with van der Waals surface area (Å²) in [5.74, 6) is 0.234. The van der Waals surface area contributed by atoms with E-state index in [9.17, 15) is 18.5 Å². The van der Waals surface area contributed by atoms with Crippen LogP contribution in [0.4, 0.5) is 11.5 Å².